The van der Waals surface area contributed by atoms with E-state index in [1.54, 1.807) is 19.2 Å². The SMILES string of the molecule is COC1CCN(C(=O)c2cc(C)nc(Cl)c2)CC1. The smallest absolute Gasteiger partial charge is 0.254 e. The van der Waals surface area contributed by atoms with Gasteiger partial charge in [0, 0.05) is 31.5 Å². The van der Waals surface area contributed by atoms with E-state index in [-0.39, 0.29) is 12.0 Å². The number of rotatable bonds is 2. The van der Waals surface area contributed by atoms with Gasteiger partial charge in [0.15, 0.2) is 0 Å². The fourth-order valence-corrected chi connectivity index (χ4v) is 2.48. The largest absolute Gasteiger partial charge is 0.381 e. The van der Waals surface area contributed by atoms with Crippen molar-refractivity contribution < 1.29 is 9.53 Å². The zero-order valence-electron chi connectivity index (χ0n) is 10.6. The molecule has 0 unspecified atom stereocenters. The Balaban J connectivity index is 2.07. The predicted molar refractivity (Wildman–Crippen MR) is 69.9 cm³/mol. The van der Waals surface area contributed by atoms with Gasteiger partial charge >= 0.3 is 0 Å². The summed E-state index contributed by atoms with van der Waals surface area (Å²) < 4.78 is 5.29. The molecule has 0 aromatic carbocycles. The summed E-state index contributed by atoms with van der Waals surface area (Å²) in [6, 6.07) is 3.40. The third-order valence-electron chi connectivity index (χ3n) is 3.23. The Morgan fingerprint density at radius 2 is 2.11 bits per heavy atom. The van der Waals surface area contributed by atoms with Gasteiger partial charge in [0.05, 0.1) is 6.10 Å². The fraction of sp³-hybridized carbons (Fsp3) is 0.538. The number of ether oxygens (including phenoxy) is 1. The van der Waals surface area contributed by atoms with E-state index in [9.17, 15) is 4.79 Å². The summed E-state index contributed by atoms with van der Waals surface area (Å²) in [5.41, 5.74) is 1.38. The quantitative estimate of drug-likeness (QED) is 0.773. The first kappa shape index (κ1) is 13.3. The van der Waals surface area contributed by atoms with Gasteiger partial charge in [0.2, 0.25) is 0 Å². The van der Waals surface area contributed by atoms with Crippen LogP contribution in [0.25, 0.3) is 0 Å². The summed E-state index contributed by atoms with van der Waals surface area (Å²) in [5, 5.41) is 0.366. The van der Waals surface area contributed by atoms with Gasteiger partial charge < -0.3 is 9.64 Å². The van der Waals surface area contributed by atoms with Crippen molar-refractivity contribution in [1.82, 2.24) is 9.88 Å². The van der Waals surface area contributed by atoms with Gasteiger partial charge in [0.25, 0.3) is 5.91 Å². The minimum absolute atomic E-state index is 0.0250. The minimum Gasteiger partial charge on any atom is -0.381 e. The number of carbonyl (C=O) groups is 1. The first-order chi connectivity index (χ1) is 8.60. The van der Waals surface area contributed by atoms with E-state index >= 15 is 0 Å². The third kappa shape index (κ3) is 3.00. The number of methoxy groups -OCH3 is 1. The molecule has 2 heterocycles. The zero-order chi connectivity index (χ0) is 13.1. The molecule has 0 atom stereocenters. The second-order valence-corrected chi connectivity index (χ2v) is 4.93. The monoisotopic (exact) mass is 268 g/mol. The number of nitrogens with zero attached hydrogens (tertiary/aromatic N) is 2. The fourth-order valence-electron chi connectivity index (χ4n) is 2.23. The summed E-state index contributed by atoms with van der Waals surface area (Å²) in [4.78, 5) is 18.2. The third-order valence-corrected chi connectivity index (χ3v) is 3.43. The highest BCUT2D eigenvalue weighted by atomic mass is 35.5. The number of amides is 1. The van der Waals surface area contributed by atoms with Crippen LogP contribution >= 0.6 is 11.6 Å². The van der Waals surface area contributed by atoms with Crippen LogP contribution in [0.2, 0.25) is 5.15 Å². The lowest BCUT2D eigenvalue weighted by molar-refractivity contribution is 0.0350. The Morgan fingerprint density at radius 1 is 1.44 bits per heavy atom. The second-order valence-electron chi connectivity index (χ2n) is 4.55. The molecule has 5 heteroatoms. The van der Waals surface area contributed by atoms with Crippen molar-refractivity contribution in [1.29, 1.82) is 0 Å². The van der Waals surface area contributed by atoms with Gasteiger partial charge in [-0.2, -0.15) is 0 Å². The molecule has 1 aliphatic rings. The first-order valence-corrected chi connectivity index (χ1v) is 6.44. The van der Waals surface area contributed by atoms with Gasteiger partial charge in [-0.05, 0) is 31.9 Å². The summed E-state index contributed by atoms with van der Waals surface area (Å²) in [6.45, 7) is 3.30. The lowest BCUT2D eigenvalue weighted by Gasteiger charge is -2.31. The molecule has 1 saturated heterocycles. The van der Waals surface area contributed by atoms with E-state index < -0.39 is 0 Å². The first-order valence-electron chi connectivity index (χ1n) is 6.06. The topological polar surface area (TPSA) is 42.4 Å². The van der Waals surface area contributed by atoms with Gasteiger partial charge in [-0.15, -0.1) is 0 Å². The van der Waals surface area contributed by atoms with Gasteiger partial charge in [-0.25, -0.2) is 4.98 Å². The molecule has 0 saturated carbocycles. The maximum Gasteiger partial charge on any atom is 0.254 e. The number of piperidine rings is 1. The number of aromatic nitrogens is 1. The van der Waals surface area contributed by atoms with Crippen LogP contribution in [-0.4, -0.2) is 42.1 Å². The minimum atomic E-state index is 0.0250. The number of hydrogen-bond donors (Lipinski definition) is 0. The molecule has 18 heavy (non-hydrogen) atoms. The van der Waals surface area contributed by atoms with Crippen molar-refractivity contribution in [3.63, 3.8) is 0 Å². The molecule has 98 valence electrons. The average Bonchev–Trinajstić information content (AvgIpc) is 2.37. The van der Waals surface area contributed by atoms with Crippen LogP contribution in [0.3, 0.4) is 0 Å². The maximum atomic E-state index is 12.3. The standard InChI is InChI=1S/C13H17ClN2O2/c1-9-7-10(8-12(14)15-9)13(17)16-5-3-11(18-2)4-6-16/h7-8,11H,3-6H2,1-2H3. The Bertz CT molecular complexity index is 422. The summed E-state index contributed by atoms with van der Waals surface area (Å²) >= 11 is 5.88. The van der Waals surface area contributed by atoms with E-state index in [0.717, 1.165) is 31.6 Å². The van der Waals surface area contributed by atoms with Crippen molar-refractivity contribution >= 4 is 17.5 Å². The van der Waals surface area contributed by atoms with Gasteiger partial charge in [-0.3, -0.25) is 4.79 Å². The molecule has 0 bridgehead atoms. The Labute approximate surface area is 112 Å². The van der Waals surface area contributed by atoms with Crippen molar-refractivity contribution in [2.45, 2.75) is 25.9 Å². The van der Waals surface area contributed by atoms with E-state index in [1.165, 1.54) is 0 Å². The lowest BCUT2D eigenvalue weighted by atomic mass is 10.1. The number of likely N-dealkylation sites (tertiary alicyclic amines) is 1. The highest BCUT2D eigenvalue weighted by molar-refractivity contribution is 6.29. The molecule has 0 radical (unpaired) electrons. The molecular weight excluding hydrogens is 252 g/mol. The number of carbonyl (C=O) groups excluding carboxylic acids is 1. The molecule has 1 aliphatic heterocycles. The molecule has 0 N–H and O–H groups in total. The Kier molecular flexibility index (Phi) is 4.19. The van der Waals surface area contributed by atoms with E-state index in [1.807, 2.05) is 11.8 Å². The molecule has 0 spiro atoms. The van der Waals surface area contributed by atoms with Gasteiger partial charge in [0.1, 0.15) is 5.15 Å². The van der Waals surface area contributed by atoms with Crippen LogP contribution in [0.4, 0.5) is 0 Å². The van der Waals surface area contributed by atoms with Crippen LogP contribution < -0.4 is 0 Å². The summed E-state index contributed by atoms with van der Waals surface area (Å²) in [7, 11) is 1.72. The molecule has 0 aliphatic carbocycles. The predicted octanol–water partition coefficient (Wildman–Crippen LogP) is 2.29. The van der Waals surface area contributed by atoms with Crippen LogP contribution in [0.1, 0.15) is 28.9 Å². The molecule has 1 aromatic rings. The summed E-state index contributed by atoms with van der Waals surface area (Å²) in [6.07, 6.45) is 2.05. The van der Waals surface area contributed by atoms with E-state index in [0.29, 0.717) is 10.7 Å². The van der Waals surface area contributed by atoms with Crippen molar-refractivity contribution in [2.24, 2.45) is 0 Å². The number of aryl methyl sites for hydroxylation is 1. The molecule has 4 nitrogen and oxygen atoms in total. The highest BCUT2D eigenvalue weighted by Crippen LogP contribution is 2.17. The number of hydrogen-bond acceptors (Lipinski definition) is 3. The van der Waals surface area contributed by atoms with Crippen molar-refractivity contribution in [3.05, 3.63) is 28.5 Å². The summed E-state index contributed by atoms with van der Waals surface area (Å²) in [5.74, 6) is 0.0250. The van der Waals surface area contributed by atoms with Crippen LogP contribution in [0.15, 0.2) is 12.1 Å². The van der Waals surface area contributed by atoms with Crippen LogP contribution in [-0.2, 0) is 4.74 Å². The second kappa shape index (κ2) is 5.67. The Hall–Kier alpha value is -1.13. The molecule has 1 aromatic heterocycles. The van der Waals surface area contributed by atoms with Crippen LogP contribution in [0.5, 0.6) is 0 Å². The lowest BCUT2D eigenvalue weighted by Crippen LogP contribution is -2.40. The number of pyridine rings is 1. The maximum absolute atomic E-state index is 12.3. The number of halogens is 1. The van der Waals surface area contributed by atoms with E-state index in [4.69, 9.17) is 16.3 Å². The van der Waals surface area contributed by atoms with Crippen LogP contribution in [0, 0.1) is 6.92 Å². The molecule has 2 rings (SSSR count). The van der Waals surface area contributed by atoms with Crippen molar-refractivity contribution in [2.75, 3.05) is 20.2 Å². The zero-order valence-corrected chi connectivity index (χ0v) is 11.4. The molecule has 1 fully saturated rings. The average molecular weight is 269 g/mol. The molecule has 1 amide bonds. The normalized spacial score (nSPS) is 16.9. The van der Waals surface area contributed by atoms with Crippen molar-refractivity contribution in [3.8, 4) is 0 Å². The Morgan fingerprint density at radius 3 is 2.67 bits per heavy atom. The highest BCUT2D eigenvalue weighted by Gasteiger charge is 2.23. The molecular formula is C13H17ClN2O2. The van der Waals surface area contributed by atoms with E-state index in [2.05, 4.69) is 4.98 Å². The van der Waals surface area contributed by atoms with Gasteiger partial charge in [-0.1, -0.05) is 11.6 Å².